The maximum atomic E-state index is 15.4. The van der Waals surface area contributed by atoms with Crippen molar-refractivity contribution in [1.29, 1.82) is 0 Å². The number of carbonyl (C=O) groups is 1. The molecule has 3 rings (SSSR count). The highest BCUT2D eigenvalue weighted by molar-refractivity contribution is 7.52. The van der Waals surface area contributed by atoms with E-state index in [1.165, 1.54) is 19.1 Å². The summed E-state index contributed by atoms with van der Waals surface area (Å²) in [5.74, 6) is -0.595. The molecule has 1 aromatic carbocycles. The Labute approximate surface area is 193 Å². The smallest absolute Gasteiger partial charge is 0.459 e. The fourth-order valence-corrected chi connectivity index (χ4v) is 4.81. The van der Waals surface area contributed by atoms with Crippen LogP contribution in [0.1, 0.15) is 20.1 Å². The molecule has 1 unspecified atom stereocenters. The van der Waals surface area contributed by atoms with E-state index in [1.807, 2.05) is 4.98 Å². The first-order valence-electron chi connectivity index (χ1n) is 10.2. The lowest BCUT2D eigenvalue weighted by Gasteiger charge is -2.25. The van der Waals surface area contributed by atoms with Crippen LogP contribution in [-0.4, -0.2) is 58.3 Å². The van der Waals surface area contributed by atoms with Crippen LogP contribution in [0.4, 0.5) is 4.39 Å². The summed E-state index contributed by atoms with van der Waals surface area (Å²) in [4.78, 5) is 37.2. The lowest BCUT2D eigenvalue weighted by molar-refractivity contribution is -0.142. The number of para-hydroxylation sites is 1. The Morgan fingerprint density at radius 2 is 2.03 bits per heavy atom. The van der Waals surface area contributed by atoms with Gasteiger partial charge in [0.15, 0.2) is 11.9 Å². The summed E-state index contributed by atoms with van der Waals surface area (Å²) in [7, 11) is -3.13. The van der Waals surface area contributed by atoms with Gasteiger partial charge in [-0.3, -0.25) is 23.7 Å². The summed E-state index contributed by atoms with van der Waals surface area (Å²) in [5, 5.41) is 12.9. The predicted octanol–water partition coefficient (Wildman–Crippen LogP) is 0.878. The molecule has 1 aliphatic heterocycles. The Morgan fingerprint density at radius 1 is 1.35 bits per heavy atom. The number of esters is 1. The van der Waals surface area contributed by atoms with E-state index in [1.54, 1.807) is 18.2 Å². The van der Waals surface area contributed by atoms with Gasteiger partial charge in [0.2, 0.25) is 0 Å². The Hall–Kier alpha value is -2.83. The van der Waals surface area contributed by atoms with E-state index in [0.717, 1.165) is 30.9 Å². The minimum absolute atomic E-state index is 0.149. The molecule has 34 heavy (non-hydrogen) atoms. The number of aromatic nitrogens is 2. The molecule has 12 nitrogen and oxygen atoms in total. The number of hydrogen-bond acceptors (Lipinski definition) is 9. The maximum Gasteiger partial charge on any atom is 0.459 e. The van der Waals surface area contributed by atoms with Crippen LogP contribution >= 0.6 is 7.75 Å². The molecule has 0 bridgehead atoms. The second kappa shape index (κ2) is 10.2. The fourth-order valence-electron chi connectivity index (χ4n) is 3.31. The number of methoxy groups -OCH3 is 1. The van der Waals surface area contributed by atoms with Crippen molar-refractivity contribution in [1.82, 2.24) is 14.6 Å². The number of nitrogens with zero attached hydrogens (tertiary/aromatic N) is 1. The average molecular weight is 501 g/mol. The average Bonchev–Trinajstić information content (AvgIpc) is 3.01. The molecule has 6 atom stereocenters. The Bertz CT molecular complexity index is 1170. The maximum absolute atomic E-state index is 15.4. The van der Waals surface area contributed by atoms with Crippen molar-refractivity contribution in [2.45, 2.75) is 44.0 Å². The van der Waals surface area contributed by atoms with Gasteiger partial charge in [-0.1, -0.05) is 18.2 Å². The monoisotopic (exact) mass is 501 g/mol. The van der Waals surface area contributed by atoms with Gasteiger partial charge in [-0.15, -0.1) is 0 Å². The zero-order chi connectivity index (χ0) is 25.1. The van der Waals surface area contributed by atoms with Crippen LogP contribution in [-0.2, 0) is 23.4 Å². The van der Waals surface area contributed by atoms with E-state index in [2.05, 4.69) is 9.82 Å². The van der Waals surface area contributed by atoms with Gasteiger partial charge in [0, 0.05) is 12.3 Å². The Kier molecular flexibility index (Phi) is 7.74. The number of hydrogen-bond donors (Lipinski definition) is 3. The third kappa shape index (κ3) is 5.62. The molecule has 3 N–H and O–H groups in total. The summed E-state index contributed by atoms with van der Waals surface area (Å²) in [5.41, 5.74) is -4.11. The van der Waals surface area contributed by atoms with Crippen LogP contribution in [0, 0.1) is 0 Å². The largest absolute Gasteiger partial charge is 0.468 e. The lowest BCUT2D eigenvalue weighted by Crippen LogP contribution is -2.43. The van der Waals surface area contributed by atoms with Crippen molar-refractivity contribution in [3.8, 4) is 5.75 Å². The van der Waals surface area contributed by atoms with E-state index >= 15 is 4.39 Å². The molecule has 0 aliphatic carbocycles. The standard InChI is InChI=1S/C20H25FN3O9P/c1-12(17(27)30-3)23-34(29,33-13-7-5-4-6-8-13)31-11-14-16(26)20(2,21)18(32-14)24-10-9-15(25)22-19(24)28/h4-10,12,14,16,18,26H,11H2,1-3H3,(H,23,29)(H,22,25,28)/t12?,14-,16-,18-,20-,34-/m1/s1. The number of halogens is 1. The van der Waals surface area contributed by atoms with Crippen molar-refractivity contribution in [3.05, 3.63) is 63.4 Å². The number of rotatable bonds is 9. The SMILES string of the molecule is COC(=O)C(C)N[P@@](=O)(OC[C@H]1O[C@@H](n2ccc(=O)[nH]c2=O)[C@](C)(F)[C@@H]1O)Oc1ccccc1. The topological polar surface area (TPSA) is 158 Å². The first-order chi connectivity index (χ1) is 16.0. The van der Waals surface area contributed by atoms with Crippen molar-refractivity contribution in [2.24, 2.45) is 0 Å². The molecule has 186 valence electrons. The third-order valence-corrected chi connectivity index (χ3v) is 6.75. The van der Waals surface area contributed by atoms with Gasteiger partial charge < -0.3 is 19.1 Å². The number of ether oxygens (including phenoxy) is 2. The van der Waals surface area contributed by atoms with E-state index < -0.39 is 61.7 Å². The molecule has 1 fully saturated rings. The molecule has 0 radical (unpaired) electrons. The van der Waals surface area contributed by atoms with Gasteiger partial charge in [-0.25, -0.2) is 13.8 Å². The molecule has 1 aliphatic rings. The Balaban J connectivity index is 1.80. The molecule has 14 heteroatoms. The van der Waals surface area contributed by atoms with Gasteiger partial charge in [-0.2, -0.15) is 5.09 Å². The number of carbonyl (C=O) groups excluding carboxylic acids is 1. The molecular formula is C20H25FN3O9P. The number of aliphatic hydroxyl groups excluding tert-OH is 1. The van der Waals surface area contributed by atoms with Crippen molar-refractivity contribution in [2.75, 3.05) is 13.7 Å². The highest BCUT2D eigenvalue weighted by Crippen LogP contribution is 2.47. The summed E-state index contributed by atoms with van der Waals surface area (Å²) in [6.45, 7) is 1.74. The van der Waals surface area contributed by atoms with E-state index in [0.29, 0.717) is 0 Å². The lowest BCUT2D eigenvalue weighted by atomic mass is 9.98. The predicted molar refractivity (Wildman–Crippen MR) is 116 cm³/mol. The fraction of sp³-hybridized carbons (Fsp3) is 0.450. The number of aliphatic hydroxyl groups is 1. The van der Waals surface area contributed by atoms with Gasteiger partial charge in [0.1, 0.15) is 24.0 Å². The highest BCUT2D eigenvalue weighted by atomic mass is 31.2. The summed E-state index contributed by atoms with van der Waals surface area (Å²) >= 11 is 0. The minimum atomic E-state index is -4.27. The van der Waals surface area contributed by atoms with Crippen LogP contribution in [0.2, 0.25) is 0 Å². The summed E-state index contributed by atoms with van der Waals surface area (Å²) < 4.78 is 50.5. The third-order valence-electron chi connectivity index (χ3n) is 5.10. The van der Waals surface area contributed by atoms with Gasteiger partial charge in [0.25, 0.3) is 5.56 Å². The van der Waals surface area contributed by atoms with E-state index in [9.17, 15) is 24.1 Å². The number of H-pyrrole nitrogens is 1. The highest BCUT2D eigenvalue weighted by Gasteiger charge is 2.55. The van der Waals surface area contributed by atoms with Gasteiger partial charge in [0.05, 0.1) is 13.7 Å². The van der Waals surface area contributed by atoms with Crippen LogP contribution in [0.25, 0.3) is 0 Å². The van der Waals surface area contributed by atoms with Crippen molar-refractivity contribution in [3.63, 3.8) is 0 Å². The molecule has 0 saturated carbocycles. The summed E-state index contributed by atoms with van der Waals surface area (Å²) in [6, 6.07) is 7.83. The van der Waals surface area contributed by atoms with Crippen molar-refractivity contribution >= 4 is 13.7 Å². The van der Waals surface area contributed by atoms with E-state index in [4.69, 9.17) is 13.8 Å². The number of nitrogens with one attached hydrogen (secondary N) is 2. The van der Waals surface area contributed by atoms with Gasteiger partial charge in [-0.05, 0) is 26.0 Å². The second-order valence-corrected chi connectivity index (χ2v) is 9.41. The number of alkyl halides is 1. The zero-order valence-electron chi connectivity index (χ0n) is 18.5. The van der Waals surface area contributed by atoms with Crippen LogP contribution < -0.4 is 20.9 Å². The van der Waals surface area contributed by atoms with Crippen molar-refractivity contribution < 1.29 is 37.4 Å². The zero-order valence-corrected chi connectivity index (χ0v) is 19.4. The normalized spacial score (nSPS) is 27.0. The second-order valence-electron chi connectivity index (χ2n) is 7.71. The van der Waals surface area contributed by atoms with Gasteiger partial charge >= 0.3 is 19.4 Å². The minimum Gasteiger partial charge on any atom is -0.468 e. The number of aromatic amines is 1. The number of benzene rings is 1. The first-order valence-corrected chi connectivity index (χ1v) is 11.7. The van der Waals surface area contributed by atoms with E-state index in [-0.39, 0.29) is 5.75 Å². The first kappa shape index (κ1) is 25.8. The molecule has 0 amide bonds. The quantitative estimate of drug-likeness (QED) is 0.333. The molecule has 2 heterocycles. The Morgan fingerprint density at radius 3 is 2.65 bits per heavy atom. The molecule has 2 aromatic rings. The van der Waals surface area contributed by atoms with Crippen LogP contribution in [0.5, 0.6) is 5.75 Å². The van der Waals surface area contributed by atoms with Crippen LogP contribution in [0.3, 0.4) is 0 Å². The molecule has 0 spiro atoms. The molecular weight excluding hydrogens is 476 g/mol. The van der Waals surface area contributed by atoms with Crippen LogP contribution in [0.15, 0.2) is 52.2 Å². The molecule has 1 aromatic heterocycles. The summed E-state index contributed by atoms with van der Waals surface area (Å²) in [6.07, 6.45) is -3.78. The molecule has 1 saturated heterocycles.